The molecule has 0 radical (unpaired) electrons. The van der Waals surface area contributed by atoms with Crippen molar-refractivity contribution < 1.29 is 13.5 Å². The maximum Gasteiger partial charge on any atom is 0.161 e. The van der Waals surface area contributed by atoms with Gasteiger partial charge < -0.3 is 10.1 Å². The highest BCUT2D eigenvalue weighted by atomic mass is 19.2. The summed E-state index contributed by atoms with van der Waals surface area (Å²) in [6.45, 7) is 0.547. The van der Waals surface area contributed by atoms with Crippen LogP contribution < -0.4 is 5.32 Å². The van der Waals surface area contributed by atoms with Crippen LogP contribution in [-0.2, 0) is 17.6 Å². The number of ether oxygens (including phenoxy) is 1. The van der Waals surface area contributed by atoms with Gasteiger partial charge in [-0.3, -0.25) is 4.98 Å². The topological polar surface area (TPSA) is 59.9 Å². The molecule has 29 heavy (non-hydrogen) atoms. The van der Waals surface area contributed by atoms with Crippen LogP contribution in [0.5, 0.6) is 0 Å². The van der Waals surface area contributed by atoms with Crippen LogP contribution in [0, 0.1) is 11.6 Å². The van der Waals surface area contributed by atoms with Crippen molar-refractivity contribution in [3.63, 3.8) is 0 Å². The fourth-order valence-corrected chi connectivity index (χ4v) is 4.11. The highest BCUT2D eigenvalue weighted by Gasteiger charge is 2.32. The maximum absolute atomic E-state index is 13.7. The average molecular weight is 394 g/mol. The molecule has 0 amide bonds. The first kappa shape index (κ1) is 18.1. The number of anilines is 1. The second kappa shape index (κ2) is 7.48. The number of hydrogen-bond acceptors (Lipinski definition) is 5. The van der Waals surface area contributed by atoms with Crippen LogP contribution in [0.15, 0.2) is 42.7 Å². The highest BCUT2D eigenvalue weighted by molar-refractivity contribution is 5.60. The van der Waals surface area contributed by atoms with Crippen LogP contribution in [-0.4, -0.2) is 27.6 Å². The molecule has 148 valence electrons. The zero-order valence-electron chi connectivity index (χ0n) is 15.7. The van der Waals surface area contributed by atoms with Crippen molar-refractivity contribution in [3.05, 3.63) is 71.2 Å². The van der Waals surface area contributed by atoms with E-state index in [4.69, 9.17) is 14.7 Å². The molecule has 0 spiro atoms. The van der Waals surface area contributed by atoms with E-state index in [2.05, 4.69) is 10.3 Å². The number of aromatic nitrogens is 3. The Morgan fingerprint density at radius 3 is 2.69 bits per heavy atom. The molecule has 1 aliphatic heterocycles. The molecule has 1 fully saturated rings. The van der Waals surface area contributed by atoms with Gasteiger partial charge in [-0.2, -0.15) is 0 Å². The predicted molar refractivity (Wildman–Crippen MR) is 104 cm³/mol. The normalized spacial score (nSPS) is 20.6. The van der Waals surface area contributed by atoms with Gasteiger partial charge >= 0.3 is 0 Å². The quantitative estimate of drug-likeness (QED) is 0.717. The minimum atomic E-state index is -0.861. The lowest BCUT2D eigenvalue weighted by molar-refractivity contribution is 0.107. The molecule has 2 unspecified atom stereocenters. The van der Waals surface area contributed by atoms with Gasteiger partial charge in [0.15, 0.2) is 17.5 Å². The monoisotopic (exact) mass is 394 g/mol. The third kappa shape index (κ3) is 3.46. The zero-order chi connectivity index (χ0) is 19.8. The summed E-state index contributed by atoms with van der Waals surface area (Å²) in [7, 11) is 0. The lowest BCUT2D eigenvalue weighted by Crippen LogP contribution is -2.25. The van der Waals surface area contributed by atoms with E-state index in [1.165, 1.54) is 6.07 Å². The standard InChI is InChI=1S/C22H20F2N4O/c23-16-5-4-14(12-17(16)24)20-19(8-11-29-20)27-22-15-2-1-3-18(15)26-21(28-22)13-6-9-25-10-7-13/h4-7,9-10,12,19-20H,1-3,8,11H2,(H,26,27,28). The van der Waals surface area contributed by atoms with Crippen LogP contribution in [0.2, 0.25) is 0 Å². The second-order valence-electron chi connectivity index (χ2n) is 7.41. The molecule has 1 aliphatic carbocycles. The van der Waals surface area contributed by atoms with Crippen LogP contribution in [0.4, 0.5) is 14.6 Å². The van der Waals surface area contributed by atoms with Crippen molar-refractivity contribution in [2.45, 2.75) is 37.8 Å². The van der Waals surface area contributed by atoms with E-state index in [0.717, 1.165) is 54.4 Å². The van der Waals surface area contributed by atoms with Gasteiger partial charge in [0.1, 0.15) is 11.9 Å². The van der Waals surface area contributed by atoms with Gasteiger partial charge in [-0.1, -0.05) is 6.07 Å². The van der Waals surface area contributed by atoms with Crippen molar-refractivity contribution in [3.8, 4) is 11.4 Å². The number of fused-ring (bicyclic) bond motifs is 1. The number of aryl methyl sites for hydroxylation is 1. The van der Waals surface area contributed by atoms with E-state index in [0.29, 0.717) is 18.0 Å². The molecule has 1 aromatic carbocycles. The molecule has 5 nitrogen and oxygen atoms in total. The lowest BCUT2D eigenvalue weighted by atomic mass is 10.0. The van der Waals surface area contributed by atoms with Crippen molar-refractivity contribution in [1.29, 1.82) is 0 Å². The summed E-state index contributed by atoms with van der Waals surface area (Å²) >= 11 is 0. The molecule has 1 saturated heterocycles. The van der Waals surface area contributed by atoms with Gasteiger partial charge in [-0.05, 0) is 55.5 Å². The number of nitrogens with zero attached hydrogens (tertiary/aromatic N) is 3. The summed E-state index contributed by atoms with van der Waals surface area (Å²) in [5, 5.41) is 3.53. The van der Waals surface area contributed by atoms with Crippen LogP contribution in [0.25, 0.3) is 11.4 Å². The van der Waals surface area contributed by atoms with E-state index in [-0.39, 0.29) is 12.1 Å². The zero-order valence-corrected chi connectivity index (χ0v) is 15.7. The highest BCUT2D eigenvalue weighted by Crippen LogP contribution is 2.35. The Morgan fingerprint density at radius 1 is 1.00 bits per heavy atom. The Kier molecular flexibility index (Phi) is 4.67. The first-order valence-corrected chi connectivity index (χ1v) is 9.82. The van der Waals surface area contributed by atoms with Gasteiger partial charge in [0.05, 0.1) is 6.04 Å². The van der Waals surface area contributed by atoms with Gasteiger partial charge in [0, 0.05) is 35.8 Å². The molecule has 0 saturated carbocycles. The van der Waals surface area contributed by atoms with E-state index < -0.39 is 11.6 Å². The minimum Gasteiger partial charge on any atom is -0.371 e. The van der Waals surface area contributed by atoms with Crippen molar-refractivity contribution in [2.24, 2.45) is 0 Å². The van der Waals surface area contributed by atoms with Gasteiger partial charge in [0.25, 0.3) is 0 Å². The number of benzene rings is 1. The van der Waals surface area contributed by atoms with E-state index in [1.807, 2.05) is 12.1 Å². The van der Waals surface area contributed by atoms with Crippen LogP contribution >= 0.6 is 0 Å². The van der Waals surface area contributed by atoms with Crippen molar-refractivity contribution >= 4 is 5.82 Å². The average Bonchev–Trinajstić information content (AvgIpc) is 3.40. The molecule has 2 aliphatic rings. The molecule has 5 rings (SSSR count). The Labute approximate surface area is 167 Å². The van der Waals surface area contributed by atoms with Gasteiger partial charge in [-0.25, -0.2) is 18.7 Å². The Morgan fingerprint density at radius 2 is 1.86 bits per heavy atom. The smallest absolute Gasteiger partial charge is 0.161 e. The fraction of sp³-hybridized carbons (Fsp3) is 0.318. The lowest BCUT2D eigenvalue weighted by Gasteiger charge is -2.22. The summed E-state index contributed by atoms with van der Waals surface area (Å²) < 4.78 is 32.9. The Balaban J connectivity index is 1.48. The third-order valence-corrected chi connectivity index (χ3v) is 5.56. The molecule has 2 atom stereocenters. The van der Waals surface area contributed by atoms with Crippen molar-refractivity contribution in [2.75, 3.05) is 11.9 Å². The van der Waals surface area contributed by atoms with E-state index in [1.54, 1.807) is 18.5 Å². The molecule has 7 heteroatoms. The van der Waals surface area contributed by atoms with Crippen LogP contribution in [0.1, 0.15) is 35.8 Å². The number of rotatable bonds is 4. The third-order valence-electron chi connectivity index (χ3n) is 5.56. The molecule has 1 N–H and O–H groups in total. The van der Waals surface area contributed by atoms with Gasteiger partial charge in [0.2, 0.25) is 0 Å². The minimum absolute atomic E-state index is 0.0789. The van der Waals surface area contributed by atoms with Crippen molar-refractivity contribution in [1.82, 2.24) is 15.0 Å². The Bertz CT molecular complexity index is 1040. The van der Waals surface area contributed by atoms with Gasteiger partial charge in [-0.15, -0.1) is 0 Å². The first-order chi connectivity index (χ1) is 14.2. The second-order valence-corrected chi connectivity index (χ2v) is 7.41. The van der Waals surface area contributed by atoms with E-state index in [9.17, 15) is 8.78 Å². The Hall–Kier alpha value is -2.93. The van der Waals surface area contributed by atoms with Crippen LogP contribution in [0.3, 0.4) is 0 Å². The number of hydrogen-bond donors (Lipinski definition) is 1. The largest absolute Gasteiger partial charge is 0.371 e. The van der Waals surface area contributed by atoms with E-state index >= 15 is 0 Å². The number of pyridine rings is 1. The molecular formula is C22H20F2N4O. The summed E-state index contributed by atoms with van der Waals surface area (Å²) in [4.78, 5) is 13.6. The fourth-order valence-electron chi connectivity index (χ4n) is 4.11. The molecule has 3 aromatic rings. The molecule has 0 bridgehead atoms. The predicted octanol–water partition coefficient (Wildman–Crippen LogP) is 4.25. The summed E-state index contributed by atoms with van der Waals surface area (Å²) in [6.07, 6.45) is 6.75. The molecular weight excluding hydrogens is 374 g/mol. The molecule has 2 aromatic heterocycles. The summed E-state index contributed by atoms with van der Waals surface area (Å²) in [6, 6.07) is 7.65. The number of halogens is 2. The summed E-state index contributed by atoms with van der Waals surface area (Å²) in [5.74, 6) is -0.243. The first-order valence-electron chi connectivity index (χ1n) is 9.82. The maximum atomic E-state index is 13.7. The SMILES string of the molecule is Fc1ccc(C2OCCC2Nc2nc(-c3ccncc3)nc3c2CCC3)cc1F. The number of nitrogens with one attached hydrogen (secondary N) is 1. The summed E-state index contributed by atoms with van der Waals surface area (Å²) in [5.41, 5.74) is 3.74. The molecule has 3 heterocycles.